The van der Waals surface area contributed by atoms with Crippen LogP contribution in [0.3, 0.4) is 0 Å². The van der Waals surface area contributed by atoms with Crippen LogP contribution >= 0.6 is 11.6 Å². The lowest BCUT2D eigenvalue weighted by Gasteiger charge is -2.30. The summed E-state index contributed by atoms with van der Waals surface area (Å²) in [5.41, 5.74) is -0.0246. The average molecular weight is 286 g/mol. The second-order valence-corrected chi connectivity index (χ2v) is 4.73. The molecular formula is C14H20ClNO3. The summed E-state index contributed by atoms with van der Waals surface area (Å²) in [5, 5.41) is 12.6. The van der Waals surface area contributed by atoms with Crippen LogP contribution in [0.1, 0.15) is 37.0 Å². The van der Waals surface area contributed by atoms with Crippen molar-refractivity contribution in [1.29, 1.82) is 0 Å². The van der Waals surface area contributed by atoms with Gasteiger partial charge in [-0.1, -0.05) is 13.8 Å². The summed E-state index contributed by atoms with van der Waals surface area (Å²) in [4.78, 5) is 12.2. The molecule has 0 aliphatic carbocycles. The summed E-state index contributed by atoms with van der Waals surface area (Å²) < 4.78 is 4.94. The summed E-state index contributed by atoms with van der Waals surface area (Å²) in [5.74, 6) is 0.390. The first-order valence-electron chi connectivity index (χ1n) is 6.27. The second-order valence-electron chi connectivity index (χ2n) is 4.46. The second kappa shape index (κ2) is 6.66. The van der Waals surface area contributed by atoms with Gasteiger partial charge in [0.25, 0.3) is 5.91 Å². The largest absolute Gasteiger partial charge is 0.504 e. The molecule has 4 nitrogen and oxygen atoms in total. The molecule has 0 heterocycles. The highest BCUT2D eigenvalue weighted by atomic mass is 35.5. The number of carbonyl (C=O) groups excluding carboxylic acids is 1. The molecule has 0 saturated carbocycles. The zero-order valence-electron chi connectivity index (χ0n) is 11.5. The maximum absolute atomic E-state index is 12.2. The van der Waals surface area contributed by atoms with E-state index in [1.54, 1.807) is 12.1 Å². The highest BCUT2D eigenvalue weighted by molar-refractivity contribution is 6.19. The smallest absolute Gasteiger partial charge is 0.251 e. The van der Waals surface area contributed by atoms with E-state index in [2.05, 4.69) is 5.32 Å². The molecule has 0 atom stereocenters. The zero-order chi connectivity index (χ0) is 14.5. The van der Waals surface area contributed by atoms with Crippen molar-refractivity contribution < 1.29 is 14.6 Å². The van der Waals surface area contributed by atoms with Crippen molar-refractivity contribution in [3.63, 3.8) is 0 Å². The first-order chi connectivity index (χ1) is 9.01. The molecule has 1 aromatic rings. The van der Waals surface area contributed by atoms with E-state index in [1.165, 1.54) is 13.2 Å². The quantitative estimate of drug-likeness (QED) is 0.790. The molecule has 0 aromatic heterocycles. The summed E-state index contributed by atoms with van der Waals surface area (Å²) in [6.45, 7) is 3.97. The third-order valence-corrected chi connectivity index (χ3v) is 3.94. The Kier molecular flexibility index (Phi) is 5.48. The van der Waals surface area contributed by atoms with Crippen molar-refractivity contribution in [1.82, 2.24) is 5.32 Å². The number of nitrogens with one attached hydrogen (secondary N) is 1. The van der Waals surface area contributed by atoms with Gasteiger partial charge in [0.05, 0.1) is 12.6 Å². The molecule has 19 heavy (non-hydrogen) atoms. The standard InChI is InChI=1S/C14H20ClNO3/c1-4-14(5-2,9-15)16-13(18)10-6-7-12(19-3)11(17)8-10/h6-8,17H,4-5,9H2,1-3H3,(H,16,18). The monoisotopic (exact) mass is 285 g/mol. The molecule has 106 valence electrons. The molecule has 0 unspecified atom stereocenters. The Balaban J connectivity index is 2.92. The van der Waals surface area contributed by atoms with Gasteiger partial charge in [0.2, 0.25) is 0 Å². The fraction of sp³-hybridized carbons (Fsp3) is 0.500. The minimum Gasteiger partial charge on any atom is -0.504 e. The van der Waals surface area contributed by atoms with Gasteiger partial charge in [0.15, 0.2) is 11.5 Å². The molecule has 1 amide bonds. The van der Waals surface area contributed by atoms with Gasteiger partial charge < -0.3 is 15.2 Å². The normalized spacial score (nSPS) is 11.2. The van der Waals surface area contributed by atoms with Crippen LogP contribution in [0.25, 0.3) is 0 Å². The van der Waals surface area contributed by atoms with E-state index in [0.717, 1.165) is 12.8 Å². The lowest BCUT2D eigenvalue weighted by molar-refractivity contribution is 0.0902. The lowest BCUT2D eigenvalue weighted by atomic mass is 9.94. The number of hydrogen-bond acceptors (Lipinski definition) is 3. The predicted molar refractivity (Wildman–Crippen MR) is 76.2 cm³/mol. The van der Waals surface area contributed by atoms with E-state index in [4.69, 9.17) is 16.3 Å². The Hall–Kier alpha value is -1.42. The summed E-state index contributed by atoms with van der Waals surface area (Å²) in [6.07, 6.45) is 1.50. The molecule has 0 bridgehead atoms. The first kappa shape index (κ1) is 15.6. The van der Waals surface area contributed by atoms with Crippen LogP contribution in [0.15, 0.2) is 18.2 Å². The number of rotatable bonds is 6. The topological polar surface area (TPSA) is 58.6 Å². The molecule has 2 N–H and O–H groups in total. The fourth-order valence-corrected chi connectivity index (χ4v) is 2.24. The van der Waals surface area contributed by atoms with Crippen LogP contribution < -0.4 is 10.1 Å². The van der Waals surface area contributed by atoms with E-state index in [0.29, 0.717) is 17.2 Å². The van der Waals surface area contributed by atoms with Crippen molar-refractivity contribution >= 4 is 17.5 Å². The molecule has 0 fully saturated rings. The van der Waals surface area contributed by atoms with Gasteiger partial charge in [-0.25, -0.2) is 0 Å². The van der Waals surface area contributed by atoms with E-state index in [9.17, 15) is 9.90 Å². The number of carbonyl (C=O) groups is 1. The average Bonchev–Trinajstić information content (AvgIpc) is 2.44. The Bertz CT molecular complexity index is 436. The van der Waals surface area contributed by atoms with Gasteiger partial charge in [0.1, 0.15) is 0 Å². The van der Waals surface area contributed by atoms with Gasteiger partial charge in [-0.15, -0.1) is 11.6 Å². The Morgan fingerprint density at radius 2 is 2.05 bits per heavy atom. The molecule has 0 saturated heterocycles. The van der Waals surface area contributed by atoms with Crippen molar-refractivity contribution in [2.24, 2.45) is 0 Å². The Morgan fingerprint density at radius 3 is 2.47 bits per heavy atom. The van der Waals surface area contributed by atoms with Crippen molar-refractivity contribution in [3.05, 3.63) is 23.8 Å². The predicted octanol–water partition coefficient (Wildman–Crippen LogP) is 2.93. The maximum atomic E-state index is 12.2. The number of methoxy groups -OCH3 is 1. The highest BCUT2D eigenvalue weighted by Crippen LogP contribution is 2.26. The number of halogens is 1. The van der Waals surface area contributed by atoms with Gasteiger partial charge in [-0.05, 0) is 31.0 Å². The maximum Gasteiger partial charge on any atom is 0.251 e. The van der Waals surface area contributed by atoms with Crippen LogP contribution in [0.4, 0.5) is 0 Å². The number of alkyl halides is 1. The number of phenolic OH excluding ortho intramolecular Hbond substituents is 1. The minimum absolute atomic E-state index is 0.0559. The van der Waals surface area contributed by atoms with Crippen molar-refractivity contribution in [2.45, 2.75) is 32.2 Å². The van der Waals surface area contributed by atoms with Crippen LogP contribution in [-0.4, -0.2) is 29.5 Å². The SMILES string of the molecule is CCC(CC)(CCl)NC(=O)c1ccc(OC)c(O)c1. The number of benzene rings is 1. The summed E-state index contributed by atoms with van der Waals surface area (Å²) in [6, 6.07) is 4.56. The molecule has 0 aliphatic heterocycles. The molecule has 5 heteroatoms. The number of amides is 1. The van der Waals surface area contributed by atoms with Crippen molar-refractivity contribution in [2.75, 3.05) is 13.0 Å². The van der Waals surface area contributed by atoms with Crippen molar-refractivity contribution in [3.8, 4) is 11.5 Å². The number of phenols is 1. The molecule has 0 radical (unpaired) electrons. The molecule has 1 rings (SSSR count). The fourth-order valence-electron chi connectivity index (χ4n) is 1.79. The number of ether oxygens (including phenoxy) is 1. The number of hydrogen-bond donors (Lipinski definition) is 2. The third kappa shape index (κ3) is 3.53. The van der Waals surface area contributed by atoms with E-state index >= 15 is 0 Å². The van der Waals surface area contributed by atoms with Crippen LogP contribution in [-0.2, 0) is 0 Å². The highest BCUT2D eigenvalue weighted by Gasteiger charge is 2.27. The Morgan fingerprint density at radius 1 is 1.42 bits per heavy atom. The molecule has 0 aliphatic rings. The van der Waals surface area contributed by atoms with E-state index in [-0.39, 0.29) is 11.7 Å². The van der Waals surface area contributed by atoms with Gasteiger partial charge in [-0.2, -0.15) is 0 Å². The van der Waals surface area contributed by atoms with Crippen LogP contribution in [0.5, 0.6) is 11.5 Å². The Labute approximate surface area is 118 Å². The van der Waals surface area contributed by atoms with Crippen LogP contribution in [0, 0.1) is 0 Å². The summed E-state index contributed by atoms with van der Waals surface area (Å²) in [7, 11) is 1.46. The molecule has 0 spiro atoms. The van der Waals surface area contributed by atoms with Gasteiger partial charge >= 0.3 is 0 Å². The minimum atomic E-state index is -0.409. The third-order valence-electron chi connectivity index (χ3n) is 3.43. The lowest BCUT2D eigenvalue weighted by Crippen LogP contribution is -2.49. The van der Waals surface area contributed by atoms with Crippen LogP contribution in [0.2, 0.25) is 0 Å². The van der Waals surface area contributed by atoms with E-state index < -0.39 is 5.54 Å². The number of aromatic hydroxyl groups is 1. The van der Waals surface area contributed by atoms with E-state index in [1.807, 2.05) is 13.8 Å². The first-order valence-corrected chi connectivity index (χ1v) is 6.80. The van der Waals surface area contributed by atoms with Gasteiger partial charge in [0, 0.05) is 11.4 Å². The summed E-state index contributed by atoms with van der Waals surface area (Å²) >= 11 is 5.95. The van der Waals surface area contributed by atoms with Gasteiger partial charge in [-0.3, -0.25) is 4.79 Å². The molecular weight excluding hydrogens is 266 g/mol. The zero-order valence-corrected chi connectivity index (χ0v) is 12.3. The molecule has 1 aromatic carbocycles.